The van der Waals surface area contributed by atoms with Crippen molar-refractivity contribution in [2.24, 2.45) is 0 Å². The number of fused-ring (bicyclic) bond motifs is 1. The number of hydrogen-bond acceptors (Lipinski definition) is 3. The molecule has 3 rings (SSSR count). The topological polar surface area (TPSA) is 30.2 Å². The summed E-state index contributed by atoms with van der Waals surface area (Å²) in [7, 11) is 0. The third-order valence-electron chi connectivity index (χ3n) is 2.99. The van der Waals surface area contributed by atoms with E-state index < -0.39 is 0 Å². The first-order valence-corrected chi connectivity index (χ1v) is 6.81. The number of rotatable bonds is 1. The van der Waals surface area contributed by atoms with Crippen molar-refractivity contribution < 1.29 is 0 Å². The van der Waals surface area contributed by atoms with E-state index in [-0.39, 0.29) is 5.41 Å². The minimum Gasteiger partial charge on any atom is -0.297 e. The van der Waals surface area contributed by atoms with E-state index >= 15 is 0 Å². The summed E-state index contributed by atoms with van der Waals surface area (Å²) in [5.74, 6) is 0. The van der Waals surface area contributed by atoms with Crippen molar-refractivity contribution >= 4 is 16.3 Å². The Labute approximate surface area is 110 Å². The number of aromatic nitrogens is 3. The number of thiazole rings is 1. The monoisotopic (exact) mass is 257 g/mol. The first-order valence-electron chi connectivity index (χ1n) is 5.93. The van der Waals surface area contributed by atoms with Gasteiger partial charge in [-0.25, -0.2) is 4.98 Å². The molecule has 0 aliphatic carbocycles. The van der Waals surface area contributed by atoms with Gasteiger partial charge in [-0.2, -0.15) is 0 Å². The van der Waals surface area contributed by atoms with Gasteiger partial charge in [0.1, 0.15) is 5.69 Å². The van der Waals surface area contributed by atoms with Crippen molar-refractivity contribution in [2.75, 3.05) is 0 Å². The van der Waals surface area contributed by atoms with Gasteiger partial charge in [0.2, 0.25) is 0 Å². The van der Waals surface area contributed by atoms with E-state index in [9.17, 15) is 0 Å². The predicted octanol–water partition coefficient (Wildman–Crippen LogP) is 3.76. The number of nitrogens with zero attached hydrogens (tertiary/aromatic N) is 3. The van der Waals surface area contributed by atoms with Crippen molar-refractivity contribution in [3.05, 3.63) is 41.7 Å². The van der Waals surface area contributed by atoms with Crippen LogP contribution < -0.4 is 0 Å². The van der Waals surface area contributed by atoms with Crippen LogP contribution >= 0.6 is 11.3 Å². The number of pyridine rings is 1. The molecule has 0 bridgehead atoms. The standard InChI is InChI=1S/C14H15N3S/c1-14(2,3)10-4-5-11(15-8-10)12-9-17-6-7-18-13(17)16-12/h4-9H,1-3H3. The maximum atomic E-state index is 4.55. The molecule has 4 heteroatoms. The quantitative estimate of drug-likeness (QED) is 0.664. The number of imidazole rings is 1. The van der Waals surface area contributed by atoms with Gasteiger partial charge in [0.25, 0.3) is 0 Å². The van der Waals surface area contributed by atoms with Crippen LogP contribution in [0.4, 0.5) is 0 Å². The van der Waals surface area contributed by atoms with Gasteiger partial charge in [-0.3, -0.25) is 9.38 Å². The molecule has 3 aromatic rings. The van der Waals surface area contributed by atoms with Crippen molar-refractivity contribution in [3.8, 4) is 11.4 Å². The molecule has 0 aliphatic rings. The van der Waals surface area contributed by atoms with Crippen LogP contribution in [0.15, 0.2) is 36.1 Å². The molecular formula is C14H15N3S. The van der Waals surface area contributed by atoms with Gasteiger partial charge >= 0.3 is 0 Å². The summed E-state index contributed by atoms with van der Waals surface area (Å²) in [5, 5.41) is 2.03. The average molecular weight is 257 g/mol. The van der Waals surface area contributed by atoms with E-state index in [0.29, 0.717) is 0 Å². The normalized spacial score (nSPS) is 12.2. The van der Waals surface area contributed by atoms with E-state index in [1.165, 1.54) is 5.56 Å². The van der Waals surface area contributed by atoms with Gasteiger partial charge in [-0.1, -0.05) is 26.8 Å². The smallest absolute Gasteiger partial charge is 0.194 e. The van der Waals surface area contributed by atoms with Crippen LogP contribution in [-0.2, 0) is 5.41 Å². The molecule has 0 fully saturated rings. The largest absolute Gasteiger partial charge is 0.297 e. The summed E-state index contributed by atoms with van der Waals surface area (Å²) < 4.78 is 2.03. The highest BCUT2D eigenvalue weighted by atomic mass is 32.1. The van der Waals surface area contributed by atoms with Gasteiger partial charge < -0.3 is 0 Å². The predicted molar refractivity (Wildman–Crippen MR) is 75.0 cm³/mol. The van der Waals surface area contributed by atoms with E-state index in [0.717, 1.165) is 16.3 Å². The molecule has 0 spiro atoms. The molecule has 3 nitrogen and oxygen atoms in total. The summed E-state index contributed by atoms with van der Waals surface area (Å²) in [4.78, 5) is 10.1. The molecule has 0 N–H and O–H groups in total. The Balaban J connectivity index is 2.00. The van der Waals surface area contributed by atoms with Crippen LogP contribution in [0.3, 0.4) is 0 Å². The van der Waals surface area contributed by atoms with E-state index in [4.69, 9.17) is 0 Å². The lowest BCUT2D eigenvalue weighted by atomic mass is 9.88. The number of hydrogen-bond donors (Lipinski definition) is 0. The molecule has 0 aliphatic heterocycles. The summed E-state index contributed by atoms with van der Waals surface area (Å²) in [6, 6.07) is 4.18. The third kappa shape index (κ3) is 1.93. The lowest BCUT2D eigenvalue weighted by Gasteiger charge is -2.18. The Bertz CT molecular complexity index is 642. The first kappa shape index (κ1) is 11.4. The van der Waals surface area contributed by atoms with Crippen LogP contribution in [0.2, 0.25) is 0 Å². The maximum Gasteiger partial charge on any atom is 0.194 e. The minimum absolute atomic E-state index is 0.139. The fourth-order valence-corrected chi connectivity index (χ4v) is 2.54. The highest BCUT2D eigenvalue weighted by Crippen LogP contribution is 2.24. The summed E-state index contributed by atoms with van der Waals surface area (Å²) in [5.41, 5.74) is 3.24. The van der Waals surface area contributed by atoms with Gasteiger partial charge in [0.15, 0.2) is 4.96 Å². The zero-order valence-corrected chi connectivity index (χ0v) is 11.5. The average Bonchev–Trinajstić information content (AvgIpc) is 2.88. The summed E-state index contributed by atoms with van der Waals surface area (Å²) in [6.45, 7) is 6.57. The highest BCUT2D eigenvalue weighted by Gasteiger charge is 2.14. The zero-order valence-electron chi connectivity index (χ0n) is 10.7. The van der Waals surface area contributed by atoms with Crippen LogP contribution in [0.5, 0.6) is 0 Å². The molecule has 0 aromatic carbocycles. The lowest BCUT2D eigenvalue weighted by molar-refractivity contribution is 0.587. The van der Waals surface area contributed by atoms with Crippen LogP contribution in [0.25, 0.3) is 16.3 Å². The SMILES string of the molecule is CC(C)(C)c1ccc(-c2cn3ccsc3n2)nc1. The van der Waals surface area contributed by atoms with Crippen LogP contribution in [0, 0.1) is 0 Å². The molecule has 0 saturated heterocycles. The molecule has 0 unspecified atom stereocenters. The van der Waals surface area contributed by atoms with Crippen LogP contribution in [-0.4, -0.2) is 14.4 Å². The molecule has 18 heavy (non-hydrogen) atoms. The van der Waals surface area contributed by atoms with Gasteiger partial charge in [-0.15, -0.1) is 11.3 Å². The second-order valence-electron chi connectivity index (χ2n) is 5.40. The summed E-state index contributed by atoms with van der Waals surface area (Å²) in [6.07, 6.45) is 5.98. The molecule has 92 valence electrons. The van der Waals surface area contributed by atoms with Crippen molar-refractivity contribution in [1.29, 1.82) is 0 Å². The van der Waals surface area contributed by atoms with Crippen molar-refractivity contribution in [2.45, 2.75) is 26.2 Å². The van der Waals surface area contributed by atoms with Crippen molar-refractivity contribution in [3.63, 3.8) is 0 Å². The second kappa shape index (κ2) is 3.92. The molecule has 0 radical (unpaired) electrons. The second-order valence-corrected chi connectivity index (χ2v) is 6.27. The van der Waals surface area contributed by atoms with E-state index in [1.807, 2.05) is 34.4 Å². The Hall–Kier alpha value is -1.68. The lowest BCUT2D eigenvalue weighted by Crippen LogP contribution is -2.11. The molecule has 3 heterocycles. The van der Waals surface area contributed by atoms with E-state index in [1.54, 1.807) is 11.3 Å². The Kier molecular flexibility index (Phi) is 2.48. The van der Waals surface area contributed by atoms with Gasteiger partial charge in [0, 0.05) is 24.0 Å². The molecule has 3 aromatic heterocycles. The van der Waals surface area contributed by atoms with Crippen molar-refractivity contribution in [1.82, 2.24) is 14.4 Å². The van der Waals surface area contributed by atoms with E-state index in [2.05, 4.69) is 36.8 Å². The first-order chi connectivity index (χ1) is 8.54. The Morgan fingerprint density at radius 2 is 2.00 bits per heavy atom. The van der Waals surface area contributed by atoms with Crippen LogP contribution in [0.1, 0.15) is 26.3 Å². The minimum atomic E-state index is 0.139. The fraction of sp³-hybridized carbons (Fsp3) is 0.286. The van der Waals surface area contributed by atoms with Gasteiger partial charge in [0.05, 0.1) is 5.69 Å². The molecule has 0 saturated carbocycles. The Morgan fingerprint density at radius 1 is 1.17 bits per heavy atom. The molecule has 0 atom stereocenters. The fourth-order valence-electron chi connectivity index (χ4n) is 1.84. The molecule has 0 amide bonds. The third-order valence-corrected chi connectivity index (χ3v) is 3.76. The maximum absolute atomic E-state index is 4.55. The molecular weight excluding hydrogens is 242 g/mol. The highest BCUT2D eigenvalue weighted by molar-refractivity contribution is 7.15. The Morgan fingerprint density at radius 3 is 2.61 bits per heavy atom. The van der Waals surface area contributed by atoms with Gasteiger partial charge in [-0.05, 0) is 17.0 Å². The zero-order chi connectivity index (χ0) is 12.8. The summed E-state index contributed by atoms with van der Waals surface area (Å²) >= 11 is 1.63.